The van der Waals surface area contributed by atoms with E-state index in [2.05, 4.69) is 25.4 Å². The van der Waals surface area contributed by atoms with Crippen LogP contribution in [0, 0.1) is 35.0 Å². The van der Waals surface area contributed by atoms with Crippen LogP contribution in [0.3, 0.4) is 0 Å². The van der Waals surface area contributed by atoms with Crippen LogP contribution in [0.15, 0.2) is 60.8 Å². The number of amides is 5. The minimum Gasteiger partial charge on any atom is -0.489 e. The number of aromatic nitrogens is 1. The van der Waals surface area contributed by atoms with Crippen LogP contribution in [0.25, 0.3) is 15.7 Å². The number of pyridine rings is 1. The molecule has 1 saturated carbocycles. The fourth-order valence-electron chi connectivity index (χ4n) is 11.0. The zero-order valence-electron chi connectivity index (χ0n) is 36.2. The second-order valence-corrected chi connectivity index (χ2v) is 18.8. The summed E-state index contributed by atoms with van der Waals surface area (Å²) in [6, 6.07) is 13.0. The lowest BCUT2D eigenvalue weighted by Crippen LogP contribution is -2.74. The van der Waals surface area contributed by atoms with E-state index >= 15 is 8.78 Å². The molecule has 14 nitrogen and oxygen atoms in total. The molecule has 1 aromatic heterocycles. The van der Waals surface area contributed by atoms with Gasteiger partial charge in [0.15, 0.2) is 0 Å². The lowest BCUT2D eigenvalue weighted by atomic mass is 9.49. The first-order valence-electron chi connectivity index (χ1n) is 21.9. The number of piperidine rings is 2. The largest absolute Gasteiger partial charge is 0.489 e. The number of hydrogen-bond donors (Lipinski definition) is 2. The summed E-state index contributed by atoms with van der Waals surface area (Å²) in [5, 5.41) is 6.10. The Morgan fingerprint density at radius 1 is 0.859 bits per heavy atom. The van der Waals surface area contributed by atoms with E-state index in [1.54, 1.807) is 30.5 Å². The Morgan fingerprint density at radius 3 is 2.20 bits per heavy atom. The van der Waals surface area contributed by atoms with E-state index in [-0.39, 0.29) is 53.3 Å². The maximum atomic E-state index is 15.8. The zero-order valence-corrected chi connectivity index (χ0v) is 36.2. The Morgan fingerprint density at radius 2 is 1.53 bits per heavy atom. The van der Waals surface area contributed by atoms with Crippen molar-refractivity contribution in [2.24, 2.45) is 16.7 Å². The molecule has 2 N–H and O–H groups in total. The second kappa shape index (κ2) is 16.3. The molecule has 0 spiro atoms. The smallest absolute Gasteiger partial charge is 0.262 e. The van der Waals surface area contributed by atoms with E-state index < -0.39 is 52.1 Å². The summed E-state index contributed by atoms with van der Waals surface area (Å²) in [6.45, 7) is 20.2. The number of hydrogen-bond acceptors (Lipinski definition) is 10. The fourth-order valence-corrected chi connectivity index (χ4v) is 11.0. The summed E-state index contributed by atoms with van der Waals surface area (Å²) in [7, 11) is 0. The normalized spacial score (nSPS) is 23.4. The molecule has 1 atom stereocenters. The van der Waals surface area contributed by atoms with Crippen molar-refractivity contribution < 1.29 is 37.5 Å². The first-order chi connectivity index (χ1) is 30.6. The van der Waals surface area contributed by atoms with Gasteiger partial charge in [0.2, 0.25) is 17.5 Å². The van der Waals surface area contributed by atoms with E-state index in [4.69, 9.17) is 11.3 Å². The zero-order chi connectivity index (χ0) is 45.2. The van der Waals surface area contributed by atoms with Gasteiger partial charge in [0, 0.05) is 86.3 Å². The van der Waals surface area contributed by atoms with Crippen molar-refractivity contribution in [3.8, 4) is 5.75 Å². The summed E-state index contributed by atoms with van der Waals surface area (Å²) in [6.07, 6.45) is 3.11. The number of nitrogens with zero attached hydrogens (tertiary/aromatic N) is 6. The van der Waals surface area contributed by atoms with Crippen LogP contribution in [0.4, 0.5) is 25.8 Å². The maximum Gasteiger partial charge on any atom is 0.262 e. The number of fused-ring (bicyclic) bond motifs is 2. The van der Waals surface area contributed by atoms with Gasteiger partial charge in [-0.15, -0.1) is 0 Å². The van der Waals surface area contributed by atoms with Crippen molar-refractivity contribution in [3.63, 3.8) is 0 Å². The number of ether oxygens (including phenoxy) is 1. The van der Waals surface area contributed by atoms with E-state index in [9.17, 15) is 24.0 Å². The van der Waals surface area contributed by atoms with Crippen LogP contribution in [-0.2, 0) is 9.59 Å². The highest BCUT2D eigenvalue weighted by Crippen LogP contribution is 2.56. The molecule has 5 amide bonds. The molecule has 5 aliphatic rings. The molecule has 3 aromatic carbocycles. The predicted molar refractivity (Wildman–Crippen MR) is 234 cm³/mol. The molecule has 4 aromatic rings. The molecule has 5 heterocycles. The molecule has 4 aliphatic heterocycles. The third kappa shape index (κ3) is 7.38. The second-order valence-electron chi connectivity index (χ2n) is 18.8. The van der Waals surface area contributed by atoms with Crippen LogP contribution in [0.1, 0.15) is 84.5 Å². The minimum atomic E-state index is -1.12. The highest BCUT2D eigenvalue weighted by molar-refractivity contribution is 6.23. The number of anilines is 2. The van der Waals surface area contributed by atoms with Crippen molar-refractivity contribution >= 4 is 57.5 Å². The Balaban J connectivity index is 0.761. The van der Waals surface area contributed by atoms with Gasteiger partial charge in [-0.3, -0.25) is 44.1 Å². The Labute approximate surface area is 369 Å². The average molecular weight is 873 g/mol. The Hall–Kier alpha value is -6.47. The fraction of sp³-hybridized carbons (Fsp3) is 0.438. The Kier molecular flexibility index (Phi) is 10.9. The molecule has 9 rings (SSSR count). The van der Waals surface area contributed by atoms with E-state index in [0.717, 1.165) is 35.7 Å². The summed E-state index contributed by atoms with van der Waals surface area (Å²) in [5.41, 5.74) is 0.975. The number of carbonyl (C=O) groups is 5. The first kappa shape index (κ1) is 42.8. The van der Waals surface area contributed by atoms with Crippen molar-refractivity contribution in [2.45, 2.75) is 71.6 Å². The van der Waals surface area contributed by atoms with Gasteiger partial charge < -0.3 is 19.9 Å². The summed E-state index contributed by atoms with van der Waals surface area (Å²) < 4.78 is 37.9. The van der Waals surface area contributed by atoms with Gasteiger partial charge in [-0.05, 0) is 73.7 Å². The molecule has 1 unspecified atom stereocenters. The Bertz CT molecular complexity index is 2630. The van der Waals surface area contributed by atoms with Crippen molar-refractivity contribution in [2.75, 3.05) is 55.6 Å². The molecular formula is C48H50F2N8O6. The van der Waals surface area contributed by atoms with Gasteiger partial charge in [0.1, 0.15) is 29.5 Å². The summed E-state index contributed by atoms with van der Waals surface area (Å²) >= 11 is 0. The van der Waals surface area contributed by atoms with Gasteiger partial charge in [-0.1, -0.05) is 33.8 Å². The van der Waals surface area contributed by atoms with Crippen LogP contribution in [-0.4, -0.2) is 108 Å². The van der Waals surface area contributed by atoms with E-state index in [1.807, 2.05) is 49.6 Å². The third-order valence-electron chi connectivity index (χ3n) is 14.1. The highest BCUT2D eigenvalue weighted by atomic mass is 19.1. The van der Waals surface area contributed by atoms with Gasteiger partial charge in [-0.25, -0.2) is 13.6 Å². The topological polar surface area (TPSA) is 149 Å². The van der Waals surface area contributed by atoms with E-state index in [1.165, 1.54) is 12.1 Å². The summed E-state index contributed by atoms with van der Waals surface area (Å²) in [5.74, 6) is -3.02. The van der Waals surface area contributed by atoms with Crippen LogP contribution in [0.5, 0.6) is 5.75 Å². The van der Waals surface area contributed by atoms with Gasteiger partial charge in [-0.2, -0.15) is 0 Å². The number of piperazine rings is 1. The van der Waals surface area contributed by atoms with Crippen molar-refractivity contribution in [1.29, 1.82) is 0 Å². The number of rotatable bonds is 9. The lowest BCUT2D eigenvalue weighted by Gasteiger charge is -2.63. The third-order valence-corrected chi connectivity index (χ3v) is 14.1. The molecule has 64 heavy (non-hydrogen) atoms. The standard InChI is InChI=1S/C48H50F2N8O6/c1-47(2)45(48(3,4)46(47)64-38-12-9-34(51-5)40-29(38)7-6-16-52-40)54-41(60)28-8-10-35(32(49)23-28)56-17-14-27(15-18-56)26-55-19-21-57(22-20-55)37-25-31-30(24-33(37)50)43(62)58(44(31)63)36-11-13-39(59)53-42(36)61/h6-10,12,16,23-25,27,36,45-46H,11,13-15,17-22,26H2,1-4H3,(H,54,60)(H,53,59,61). The van der Waals surface area contributed by atoms with Crippen molar-refractivity contribution in [1.82, 2.24) is 25.4 Å². The summed E-state index contributed by atoms with van der Waals surface area (Å²) in [4.78, 5) is 79.3. The van der Waals surface area contributed by atoms with E-state index in [0.29, 0.717) is 67.8 Å². The van der Waals surface area contributed by atoms with Gasteiger partial charge >= 0.3 is 0 Å². The number of benzene rings is 3. The molecule has 0 radical (unpaired) electrons. The molecule has 332 valence electrons. The highest BCUT2D eigenvalue weighted by Gasteiger charge is 2.64. The number of nitrogens with one attached hydrogen (secondary N) is 2. The molecule has 1 aliphatic carbocycles. The maximum absolute atomic E-state index is 15.8. The molecular weight excluding hydrogens is 823 g/mol. The SMILES string of the molecule is [C-]#[N+]c1ccc(OC2C(C)(C)C(NC(=O)c3ccc(N4CCC(CN5CCN(c6cc7c(cc6F)C(=O)N(C6CCC(=O)NC6=O)C7=O)CC5)CC4)c(F)c3)C2(C)C)c2cccnc12. The average Bonchev–Trinajstić information content (AvgIpc) is 3.51. The molecule has 3 saturated heterocycles. The lowest BCUT2D eigenvalue weighted by molar-refractivity contribution is -0.163. The number of imide groups is 2. The minimum absolute atomic E-state index is 0.000216. The monoisotopic (exact) mass is 872 g/mol. The van der Waals surface area contributed by atoms with Crippen molar-refractivity contribution in [3.05, 3.63) is 101 Å². The number of carbonyl (C=O) groups excluding carboxylic acids is 5. The van der Waals surface area contributed by atoms with Crippen LogP contribution in [0.2, 0.25) is 0 Å². The van der Waals surface area contributed by atoms with Gasteiger partial charge in [0.05, 0.1) is 34.6 Å². The quantitative estimate of drug-likeness (QED) is 0.149. The molecule has 4 fully saturated rings. The molecule has 16 heteroatoms. The van der Waals surface area contributed by atoms with Crippen LogP contribution >= 0.6 is 0 Å². The predicted octanol–water partition coefficient (Wildman–Crippen LogP) is 6.12. The molecule has 0 bridgehead atoms. The first-order valence-corrected chi connectivity index (χ1v) is 21.9. The number of halogens is 2. The van der Waals surface area contributed by atoms with Gasteiger partial charge in [0.25, 0.3) is 17.7 Å². The van der Waals surface area contributed by atoms with Crippen LogP contribution < -0.4 is 25.2 Å².